The summed E-state index contributed by atoms with van der Waals surface area (Å²) in [6.07, 6.45) is 68.1. The van der Waals surface area contributed by atoms with E-state index in [0.29, 0.717) is 25.7 Å². The number of carbonyl (C=O) groups is 4. The van der Waals surface area contributed by atoms with E-state index in [2.05, 4.69) is 41.5 Å². The number of hydrogen-bond acceptors (Lipinski definition) is 15. The molecule has 17 nitrogen and oxygen atoms in total. The molecule has 0 aromatic rings. The Balaban J connectivity index is 5.20. The van der Waals surface area contributed by atoms with Crippen LogP contribution in [0, 0.1) is 11.8 Å². The Labute approximate surface area is 638 Å². The summed E-state index contributed by atoms with van der Waals surface area (Å²) < 4.78 is 68.8. The van der Waals surface area contributed by atoms with Gasteiger partial charge in [-0.1, -0.05) is 401 Å². The molecular weight excluding hydrogens is 1350 g/mol. The molecule has 0 aromatic heterocycles. The summed E-state index contributed by atoms with van der Waals surface area (Å²) in [6.45, 7) is 9.71. The van der Waals surface area contributed by atoms with Crippen LogP contribution < -0.4 is 0 Å². The SMILES string of the molecule is CCCCCCCCCCCCCCCCCCCCCCC(=O)OC[C@H](COP(=O)(O)OC[C@@H](O)COP(=O)(O)OC[C@@H](COC(=O)CCCCCCCCCCCC)OC(=O)CCCCCCCCCCC(C)CC)OC(=O)CCCCCCCCCCCCCCCCCCCCC(C)CC. The average Bonchev–Trinajstić information content (AvgIpc) is 0.909. The van der Waals surface area contributed by atoms with Gasteiger partial charge in [-0.2, -0.15) is 0 Å². The van der Waals surface area contributed by atoms with Crippen molar-refractivity contribution in [3.8, 4) is 0 Å². The highest BCUT2D eigenvalue weighted by molar-refractivity contribution is 7.47. The summed E-state index contributed by atoms with van der Waals surface area (Å²) in [4.78, 5) is 73.1. The number of phosphoric acid groups is 2. The zero-order valence-corrected chi connectivity index (χ0v) is 70.1. The second-order valence-electron chi connectivity index (χ2n) is 31.1. The number of unbranched alkanes of at least 4 members (excludes halogenated alkanes) is 52. The van der Waals surface area contributed by atoms with Gasteiger partial charge in [0.2, 0.25) is 0 Å². The lowest BCUT2D eigenvalue weighted by molar-refractivity contribution is -0.161. The van der Waals surface area contributed by atoms with Crippen molar-refractivity contribution in [1.82, 2.24) is 0 Å². The third kappa shape index (κ3) is 75.5. The summed E-state index contributed by atoms with van der Waals surface area (Å²) in [7, 11) is -9.92. The summed E-state index contributed by atoms with van der Waals surface area (Å²) >= 11 is 0. The molecule has 618 valence electrons. The molecule has 0 saturated carbocycles. The number of esters is 4. The molecule has 4 unspecified atom stereocenters. The predicted octanol–water partition coefficient (Wildman–Crippen LogP) is 25.8. The molecule has 0 aromatic carbocycles. The molecule has 0 rings (SSSR count). The highest BCUT2D eigenvalue weighted by atomic mass is 31.2. The van der Waals surface area contributed by atoms with Crippen molar-refractivity contribution in [2.45, 2.75) is 471 Å². The van der Waals surface area contributed by atoms with Gasteiger partial charge in [0, 0.05) is 25.7 Å². The molecule has 0 radical (unpaired) electrons. The van der Waals surface area contributed by atoms with Gasteiger partial charge in [-0.15, -0.1) is 0 Å². The van der Waals surface area contributed by atoms with Crippen molar-refractivity contribution in [3.05, 3.63) is 0 Å². The average molecular weight is 1520 g/mol. The third-order valence-electron chi connectivity index (χ3n) is 20.7. The van der Waals surface area contributed by atoms with Gasteiger partial charge in [0.25, 0.3) is 0 Å². The summed E-state index contributed by atoms with van der Waals surface area (Å²) in [5.74, 6) is -0.466. The van der Waals surface area contributed by atoms with E-state index in [4.69, 9.17) is 37.0 Å². The van der Waals surface area contributed by atoms with Crippen LogP contribution in [-0.4, -0.2) is 96.7 Å². The number of carbonyl (C=O) groups excluding carboxylic acids is 4. The number of hydrogen-bond donors (Lipinski definition) is 3. The zero-order chi connectivity index (χ0) is 76.4. The molecule has 0 spiro atoms. The van der Waals surface area contributed by atoms with E-state index < -0.39 is 97.5 Å². The Bertz CT molecular complexity index is 2000. The van der Waals surface area contributed by atoms with Crippen molar-refractivity contribution in [2.75, 3.05) is 39.6 Å². The van der Waals surface area contributed by atoms with Crippen LogP contribution in [0.4, 0.5) is 0 Å². The minimum absolute atomic E-state index is 0.105. The van der Waals surface area contributed by atoms with Gasteiger partial charge >= 0.3 is 39.5 Å². The Morgan fingerprint density at radius 1 is 0.269 bits per heavy atom. The normalized spacial score (nSPS) is 14.4. The Morgan fingerprint density at radius 2 is 0.462 bits per heavy atom. The Hall–Kier alpha value is -1.94. The standard InChI is InChI=1S/C85H166O17P2/c1-7-11-13-15-17-19-21-22-23-24-25-26-30-33-36-39-43-50-56-62-68-83(88)96-73-80(101-84(89)69-63-57-51-44-40-37-34-31-28-27-29-32-35-38-41-47-53-59-65-77(5)9-3)75-99-103(91,92)97-71-79(86)72-98-104(93,94)100-76-81(74-95-82(87)67-61-55-49-42-20-18-16-14-12-8-2)102-85(90)70-64-58-52-46-45-48-54-60-66-78(6)10-4/h77-81,86H,7-76H2,1-6H3,(H,91,92)(H,93,94)/t77?,78?,79-,80-,81-/m1/s1. The van der Waals surface area contributed by atoms with E-state index in [1.807, 2.05) is 0 Å². The number of phosphoric ester groups is 2. The first-order valence-electron chi connectivity index (χ1n) is 44.1. The Morgan fingerprint density at radius 3 is 0.683 bits per heavy atom. The van der Waals surface area contributed by atoms with Crippen LogP contribution in [0.5, 0.6) is 0 Å². The second kappa shape index (κ2) is 76.4. The van der Waals surface area contributed by atoms with E-state index in [-0.39, 0.29) is 25.7 Å². The first-order valence-corrected chi connectivity index (χ1v) is 47.1. The lowest BCUT2D eigenvalue weighted by Gasteiger charge is -2.21. The van der Waals surface area contributed by atoms with E-state index in [0.717, 1.165) is 102 Å². The van der Waals surface area contributed by atoms with Crippen LogP contribution in [0.2, 0.25) is 0 Å². The molecule has 0 heterocycles. The molecule has 0 aliphatic carbocycles. The van der Waals surface area contributed by atoms with E-state index >= 15 is 0 Å². The lowest BCUT2D eigenvalue weighted by atomic mass is 9.99. The summed E-state index contributed by atoms with van der Waals surface area (Å²) in [6, 6.07) is 0. The van der Waals surface area contributed by atoms with Crippen molar-refractivity contribution >= 4 is 39.5 Å². The van der Waals surface area contributed by atoms with E-state index in [1.165, 1.54) is 270 Å². The fraction of sp³-hybridized carbons (Fsp3) is 0.953. The molecule has 7 atom stereocenters. The third-order valence-corrected chi connectivity index (χ3v) is 22.6. The maximum Gasteiger partial charge on any atom is 0.472 e. The minimum Gasteiger partial charge on any atom is -0.462 e. The number of ether oxygens (including phenoxy) is 4. The van der Waals surface area contributed by atoms with E-state index in [9.17, 15) is 43.2 Å². The molecule has 0 amide bonds. The number of rotatable bonds is 84. The molecule has 3 N–H and O–H groups in total. The molecule has 0 aliphatic rings. The maximum absolute atomic E-state index is 13.1. The van der Waals surface area contributed by atoms with Gasteiger partial charge < -0.3 is 33.8 Å². The maximum atomic E-state index is 13.1. The highest BCUT2D eigenvalue weighted by Crippen LogP contribution is 2.45. The van der Waals surface area contributed by atoms with Gasteiger partial charge in [-0.3, -0.25) is 37.3 Å². The van der Waals surface area contributed by atoms with Crippen molar-refractivity contribution < 1.29 is 80.2 Å². The number of aliphatic hydroxyl groups excluding tert-OH is 1. The number of aliphatic hydroxyl groups is 1. The quantitative estimate of drug-likeness (QED) is 0.0222. The monoisotopic (exact) mass is 1520 g/mol. The first-order chi connectivity index (χ1) is 50.4. The topological polar surface area (TPSA) is 237 Å². The molecule has 0 aliphatic heterocycles. The zero-order valence-electron chi connectivity index (χ0n) is 68.3. The van der Waals surface area contributed by atoms with Gasteiger partial charge in [0.05, 0.1) is 26.4 Å². The molecule has 0 bridgehead atoms. The molecular formula is C85H166O17P2. The van der Waals surface area contributed by atoms with Gasteiger partial charge in [-0.25, -0.2) is 9.13 Å². The first kappa shape index (κ1) is 102. The molecule has 104 heavy (non-hydrogen) atoms. The minimum atomic E-state index is -4.96. The predicted molar refractivity (Wildman–Crippen MR) is 428 cm³/mol. The fourth-order valence-electron chi connectivity index (χ4n) is 13.2. The molecule has 19 heteroatoms. The van der Waals surface area contributed by atoms with Crippen LogP contribution >= 0.6 is 15.6 Å². The smallest absolute Gasteiger partial charge is 0.462 e. The highest BCUT2D eigenvalue weighted by Gasteiger charge is 2.30. The van der Waals surface area contributed by atoms with Gasteiger partial charge in [0.15, 0.2) is 12.2 Å². The van der Waals surface area contributed by atoms with Gasteiger partial charge in [0.1, 0.15) is 19.3 Å². The van der Waals surface area contributed by atoms with Crippen LogP contribution in [0.15, 0.2) is 0 Å². The van der Waals surface area contributed by atoms with Crippen molar-refractivity contribution in [1.29, 1.82) is 0 Å². The largest absolute Gasteiger partial charge is 0.472 e. The van der Waals surface area contributed by atoms with E-state index in [1.54, 1.807) is 0 Å². The van der Waals surface area contributed by atoms with Crippen LogP contribution in [0.25, 0.3) is 0 Å². The summed E-state index contributed by atoms with van der Waals surface area (Å²) in [5.41, 5.74) is 0. The lowest BCUT2D eigenvalue weighted by Crippen LogP contribution is -2.30. The van der Waals surface area contributed by atoms with Crippen molar-refractivity contribution in [3.63, 3.8) is 0 Å². The van der Waals surface area contributed by atoms with Crippen LogP contribution in [-0.2, 0) is 65.4 Å². The van der Waals surface area contributed by atoms with Crippen LogP contribution in [0.1, 0.15) is 452 Å². The molecule has 0 fully saturated rings. The summed E-state index contributed by atoms with van der Waals surface area (Å²) in [5, 5.41) is 10.7. The van der Waals surface area contributed by atoms with Crippen molar-refractivity contribution in [2.24, 2.45) is 11.8 Å². The Kier molecular flexibility index (Phi) is 75.0. The van der Waals surface area contributed by atoms with Crippen LogP contribution in [0.3, 0.4) is 0 Å². The molecule has 0 saturated heterocycles. The van der Waals surface area contributed by atoms with Gasteiger partial charge in [-0.05, 0) is 37.5 Å². The second-order valence-corrected chi connectivity index (χ2v) is 34.0. The fourth-order valence-corrected chi connectivity index (χ4v) is 14.8.